The summed E-state index contributed by atoms with van der Waals surface area (Å²) < 4.78 is 10.7. The zero-order chi connectivity index (χ0) is 20.7. The topological polar surface area (TPSA) is 97.0 Å². The van der Waals surface area contributed by atoms with Crippen LogP contribution in [0.4, 0.5) is 9.59 Å². The molecule has 1 fully saturated rings. The number of alkyl carbamates (subject to hydrolysis) is 1. The number of ether oxygens (including phenoxy) is 2. The molecule has 0 bridgehead atoms. The lowest BCUT2D eigenvalue weighted by molar-refractivity contribution is -0.119. The summed E-state index contributed by atoms with van der Waals surface area (Å²) in [6.07, 6.45) is 1.03. The summed E-state index contributed by atoms with van der Waals surface area (Å²) in [7, 11) is 0. The van der Waals surface area contributed by atoms with Crippen LogP contribution in [0.2, 0.25) is 0 Å². The van der Waals surface area contributed by atoms with Crippen molar-refractivity contribution in [1.29, 1.82) is 0 Å². The molecule has 1 saturated heterocycles. The number of amides is 3. The summed E-state index contributed by atoms with van der Waals surface area (Å²) in [5.41, 5.74) is -1.10. The quantitative estimate of drug-likeness (QED) is 0.657. The molecule has 0 spiro atoms. The first-order valence-electron chi connectivity index (χ1n) is 9.57. The molecule has 1 aliphatic heterocycles. The first-order valence-corrected chi connectivity index (χ1v) is 9.57. The molecule has 0 aromatic carbocycles. The van der Waals surface area contributed by atoms with Gasteiger partial charge in [0.15, 0.2) is 0 Å². The number of rotatable bonds is 7. The van der Waals surface area contributed by atoms with Crippen LogP contribution in [0.25, 0.3) is 0 Å². The molecule has 8 nitrogen and oxygen atoms in total. The summed E-state index contributed by atoms with van der Waals surface area (Å²) in [6.45, 7) is 13.0. The predicted molar refractivity (Wildman–Crippen MR) is 102 cm³/mol. The van der Waals surface area contributed by atoms with E-state index in [0.717, 1.165) is 0 Å². The Bertz CT molecular complexity index is 522. The SMILES string of the molecule is CC(C)(C)OC(=O)NCCCCN(C[C@@H]1CNC(=O)C1)C(=O)OC(C)(C)C. The van der Waals surface area contributed by atoms with Crippen molar-refractivity contribution < 1.29 is 23.9 Å². The maximum absolute atomic E-state index is 12.5. The highest BCUT2D eigenvalue weighted by molar-refractivity contribution is 5.78. The standard InChI is InChI=1S/C19H35N3O5/c1-18(2,3)26-16(24)20-9-7-8-10-22(17(25)27-19(4,5)6)13-14-11-15(23)21-12-14/h14H,7-13H2,1-6H3,(H,20,24)(H,21,23)/t14-/m0/s1. The van der Waals surface area contributed by atoms with E-state index in [-0.39, 0.29) is 17.9 Å². The molecule has 0 unspecified atom stereocenters. The van der Waals surface area contributed by atoms with Crippen LogP contribution in [-0.2, 0) is 14.3 Å². The molecule has 1 aliphatic rings. The monoisotopic (exact) mass is 385 g/mol. The largest absolute Gasteiger partial charge is 0.444 e. The average molecular weight is 386 g/mol. The molecule has 156 valence electrons. The van der Waals surface area contributed by atoms with Crippen LogP contribution in [0, 0.1) is 5.92 Å². The molecule has 3 amide bonds. The lowest BCUT2D eigenvalue weighted by atomic mass is 10.1. The summed E-state index contributed by atoms with van der Waals surface area (Å²) >= 11 is 0. The minimum absolute atomic E-state index is 0.0192. The molecule has 8 heteroatoms. The molecule has 1 atom stereocenters. The highest BCUT2D eigenvalue weighted by Gasteiger charge is 2.28. The summed E-state index contributed by atoms with van der Waals surface area (Å²) in [4.78, 5) is 37.1. The van der Waals surface area contributed by atoms with E-state index in [1.807, 2.05) is 41.5 Å². The van der Waals surface area contributed by atoms with Crippen molar-refractivity contribution in [1.82, 2.24) is 15.5 Å². The zero-order valence-corrected chi connectivity index (χ0v) is 17.5. The third-order valence-electron chi connectivity index (χ3n) is 3.72. The van der Waals surface area contributed by atoms with Crippen LogP contribution in [0.15, 0.2) is 0 Å². The molecule has 0 aromatic rings. The van der Waals surface area contributed by atoms with E-state index >= 15 is 0 Å². The van der Waals surface area contributed by atoms with E-state index < -0.39 is 17.3 Å². The van der Waals surface area contributed by atoms with Crippen molar-refractivity contribution in [2.45, 2.75) is 72.0 Å². The number of carbonyl (C=O) groups excluding carboxylic acids is 3. The second kappa shape index (κ2) is 9.80. The van der Waals surface area contributed by atoms with Gasteiger partial charge in [0.1, 0.15) is 11.2 Å². The second-order valence-corrected chi connectivity index (χ2v) is 8.94. The summed E-state index contributed by atoms with van der Waals surface area (Å²) in [6, 6.07) is 0. The Labute approximate surface area is 162 Å². The van der Waals surface area contributed by atoms with Crippen molar-refractivity contribution in [2.75, 3.05) is 26.2 Å². The Hall–Kier alpha value is -1.99. The van der Waals surface area contributed by atoms with Crippen LogP contribution < -0.4 is 10.6 Å². The third kappa shape index (κ3) is 10.7. The van der Waals surface area contributed by atoms with Crippen molar-refractivity contribution in [3.8, 4) is 0 Å². The first-order chi connectivity index (χ1) is 12.4. The lowest BCUT2D eigenvalue weighted by Gasteiger charge is -2.29. The Morgan fingerprint density at radius 1 is 1.11 bits per heavy atom. The van der Waals surface area contributed by atoms with Crippen LogP contribution in [0.1, 0.15) is 60.8 Å². The van der Waals surface area contributed by atoms with Crippen molar-refractivity contribution in [3.63, 3.8) is 0 Å². The van der Waals surface area contributed by atoms with E-state index in [2.05, 4.69) is 10.6 Å². The van der Waals surface area contributed by atoms with Gasteiger partial charge in [-0.3, -0.25) is 4.79 Å². The fourth-order valence-electron chi connectivity index (χ4n) is 2.62. The normalized spacial score (nSPS) is 17.3. The maximum atomic E-state index is 12.5. The van der Waals surface area contributed by atoms with Crippen LogP contribution in [0.3, 0.4) is 0 Å². The summed E-state index contributed by atoms with van der Waals surface area (Å²) in [5, 5.41) is 5.50. The molecule has 0 aromatic heterocycles. The van der Waals surface area contributed by atoms with E-state index in [0.29, 0.717) is 45.4 Å². The number of unbranched alkanes of at least 4 members (excludes halogenated alkanes) is 1. The number of hydrogen-bond acceptors (Lipinski definition) is 5. The molecule has 2 N–H and O–H groups in total. The van der Waals surface area contributed by atoms with E-state index in [1.165, 1.54) is 0 Å². The number of hydrogen-bond donors (Lipinski definition) is 2. The van der Waals surface area contributed by atoms with Crippen LogP contribution >= 0.6 is 0 Å². The van der Waals surface area contributed by atoms with E-state index in [4.69, 9.17) is 9.47 Å². The Morgan fingerprint density at radius 2 is 1.74 bits per heavy atom. The predicted octanol–water partition coefficient (Wildman–Crippen LogP) is 2.66. The minimum Gasteiger partial charge on any atom is -0.444 e. The number of nitrogens with zero attached hydrogens (tertiary/aromatic N) is 1. The minimum atomic E-state index is -0.572. The molecule has 0 saturated carbocycles. The van der Waals surface area contributed by atoms with Gasteiger partial charge in [0.25, 0.3) is 0 Å². The van der Waals surface area contributed by atoms with Gasteiger partial charge in [-0.25, -0.2) is 9.59 Å². The molecule has 0 radical (unpaired) electrons. The van der Waals surface area contributed by atoms with Gasteiger partial charge in [-0.15, -0.1) is 0 Å². The molecule has 1 heterocycles. The van der Waals surface area contributed by atoms with Crippen molar-refractivity contribution in [2.24, 2.45) is 5.92 Å². The fourth-order valence-corrected chi connectivity index (χ4v) is 2.62. The lowest BCUT2D eigenvalue weighted by Crippen LogP contribution is -2.40. The Kier molecular flexibility index (Phi) is 8.37. The maximum Gasteiger partial charge on any atom is 0.410 e. The van der Waals surface area contributed by atoms with Crippen LogP contribution in [-0.4, -0.2) is 60.4 Å². The summed E-state index contributed by atoms with van der Waals surface area (Å²) in [5.74, 6) is 0.121. The van der Waals surface area contributed by atoms with Gasteiger partial charge >= 0.3 is 12.2 Å². The van der Waals surface area contributed by atoms with E-state index in [1.54, 1.807) is 4.90 Å². The zero-order valence-electron chi connectivity index (χ0n) is 17.5. The van der Waals surface area contributed by atoms with Crippen molar-refractivity contribution in [3.05, 3.63) is 0 Å². The molecule has 1 rings (SSSR count). The smallest absolute Gasteiger partial charge is 0.410 e. The van der Waals surface area contributed by atoms with Gasteiger partial charge < -0.3 is 25.0 Å². The fraction of sp³-hybridized carbons (Fsp3) is 0.842. The highest BCUT2D eigenvalue weighted by atomic mass is 16.6. The molecular weight excluding hydrogens is 350 g/mol. The van der Waals surface area contributed by atoms with Crippen molar-refractivity contribution >= 4 is 18.1 Å². The van der Waals surface area contributed by atoms with Gasteiger partial charge in [-0.05, 0) is 54.4 Å². The third-order valence-corrected chi connectivity index (χ3v) is 3.72. The molecular formula is C19H35N3O5. The van der Waals surface area contributed by atoms with Gasteiger partial charge in [0.2, 0.25) is 5.91 Å². The average Bonchev–Trinajstić information content (AvgIpc) is 2.87. The first kappa shape index (κ1) is 23.0. The second-order valence-electron chi connectivity index (χ2n) is 8.94. The molecule has 27 heavy (non-hydrogen) atoms. The van der Waals surface area contributed by atoms with Gasteiger partial charge in [0, 0.05) is 38.5 Å². The van der Waals surface area contributed by atoms with Gasteiger partial charge in [0.05, 0.1) is 0 Å². The van der Waals surface area contributed by atoms with Gasteiger partial charge in [-0.2, -0.15) is 0 Å². The number of carbonyl (C=O) groups is 3. The Balaban J connectivity index is 2.43. The molecule has 0 aliphatic carbocycles. The number of nitrogens with one attached hydrogen (secondary N) is 2. The van der Waals surface area contributed by atoms with Crippen LogP contribution in [0.5, 0.6) is 0 Å². The highest BCUT2D eigenvalue weighted by Crippen LogP contribution is 2.15. The Morgan fingerprint density at radius 3 is 2.26 bits per heavy atom. The van der Waals surface area contributed by atoms with E-state index in [9.17, 15) is 14.4 Å². The van der Waals surface area contributed by atoms with Gasteiger partial charge in [-0.1, -0.05) is 0 Å².